The number of nitrogens with zero attached hydrogens (tertiary/aromatic N) is 4. The lowest BCUT2D eigenvalue weighted by molar-refractivity contribution is 0.112. The molecule has 0 spiro atoms. The Morgan fingerprint density at radius 3 is 1.85 bits per heavy atom. The molecule has 268 valence electrons. The van der Waals surface area contributed by atoms with Crippen LogP contribution in [0.4, 0.5) is 0 Å². The Morgan fingerprint density at radius 2 is 1.28 bits per heavy atom. The zero-order valence-corrected chi connectivity index (χ0v) is 29.9. The second-order valence-electron chi connectivity index (χ2n) is 11.4. The Bertz CT molecular complexity index is 2540. The molecule has 3 aromatic carbocycles. The minimum Gasteiger partial charge on any atom is -0.496 e. The molecule has 0 unspecified atom stereocenters. The van der Waals surface area contributed by atoms with Crippen LogP contribution in [0.3, 0.4) is 0 Å². The van der Waals surface area contributed by atoms with Crippen molar-refractivity contribution in [3.8, 4) is 29.4 Å². The number of hydrogen-bond acceptors (Lipinski definition) is 8. The number of pyridine rings is 2. The second kappa shape index (κ2) is 19.1. The minimum atomic E-state index is 0.403. The minimum absolute atomic E-state index is 0.403. The van der Waals surface area contributed by atoms with E-state index in [0.717, 1.165) is 72.9 Å². The molecule has 5 heterocycles. The van der Waals surface area contributed by atoms with Crippen LogP contribution < -0.4 is 14.2 Å². The highest BCUT2D eigenvalue weighted by atomic mass is 16.5. The molecule has 0 bridgehead atoms. The average molecular weight is 716 g/mol. The largest absolute Gasteiger partial charge is 0.496 e. The SMILES string of the molecule is COc1cccc2[nH]cc(/C(C#N)=C/c3cccnc3)c12.COc1cccc2[nH]cc(CC#N)c12.COc1cccc2[nH]ccc12.O=Cc1cccnc1. The average Bonchev–Trinajstić information content (AvgIpc) is 4.01. The molecule has 0 atom stereocenters. The lowest BCUT2D eigenvalue weighted by Crippen LogP contribution is -1.86. The van der Waals surface area contributed by atoms with Crippen LogP contribution >= 0.6 is 0 Å². The van der Waals surface area contributed by atoms with Crippen molar-refractivity contribution < 1.29 is 19.0 Å². The van der Waals surface area contributed by atoms with Crippen molar-refractivity contribution in [1.29, 1.82) is 10.5 Å². The summed E-state index contributed by atoms with van der Waals surface area (Å²) in [6.45, 7) is 0. The summed E-state index contributed by atoms with van der Waals surface area (Å²) >= 11 is 0. The first-order valence-electron chi connectivity index (χ1n) is 16.7. The molecule has 0 aliphatic carbocycles. The molecule has 5 aromatic heterocycles. The Morgan fingerprint density at radius 1 is 0.685 bits per heavy atom. The fourth-order valence-electron chi connectivity index (χ4n) is 5.63. The van der Waals surface area contributed by atoms with Crippen LogP contribution in [-0.2, 0) is 6.42 Å². The Kier molecular flexibility index (Phi) is 13.3. The Labute approximate surface area is 312 Å². The molecule has 8 aromatic rings. The number of aldehydes is 1. The number of carbonyl (C=O) groups is 1. The number of nitrogens with one attached hydrogen (secondary N) is 3. The lowest BCUT2D eigenvalue weighted by atomic mass is 10.0. The molecule has 54 heavy (non-hydrogen) atoms. The molecule has 0 fully saturated rings. The fourth-order valence-corrected chi connectivity index (χ4v) is 5.63. The molecule has 0 saturated carbocycles. The first kappa shape index (κ1) is 37.6. The second-order valence-corrected chi connectivity index (χ2v) is 11.4. The van der Waals surface area contributed by atoms with E-state index < -0.39 is 0 Å². The van der Waals surface area contributed by atoms with Gasteiger partial charge in [0.15, 0.2) is 6.29 Å². The van der Waals surface area contributed by atoms with Crippen LogP contribution in [0, 0.1) is 22.7 Å². The van der Waals surface area contributed by atoms with Crippen molar-refractivity contribution >= 4 is 50.6 Å². The van der Waals surface area contributed by atoms with Crippen LogP contribution in [-0.4, -0.2) is 52.5 Å². The maximum absolute atomic E-state index is 9.97. The predicted octanol–water partition coefficient (Wildman–Crippen LogP) is 8.95. The molecule has 0 aliphatic rings. The highest BCUT2D eigenvalue weighted by molar-refractivity contribution is 6.03. The van der Waals surface area contributed by atoms with E-state index in [1.807, 2.05) is 97.5 Å². The van der Waals surface area contributed by atoms with Crippen molar-refractivity contribution in [1.82, 2.24) is 24.9 Å². The normalized spacial score (nSPS) is 10.4. The van der Waals surface area contributed by atoms with E-state index >= 15 is 0 Å². The van der Waals surface area contributed by atoms with Gasteiger partial charge in [0, 0.05) is 81.8 Å². The summed E-state index contributed by atoms with van der Waals surface area (Å²) in [6.07, 6.45) is 15.2. The highest BCUT2D eigenvalue weighted by Crippen LogP contribution is 2.33. The zero-order chi connectivity index (χ0) is 38.1. The third-order valence-corrected chi connectivity index (χ3v) is 8.13. The summed E-state index contributed by atoms with van der Waals surface area (Å²) in [5.74, 6) is 2.48. The molecular weight excluding hydrogens is 679 g/mol. The molecule has 8 rings (SSSR count). The van der Waals surface area contributed by atoms with Gasteiger partial charge in [0.1, 0.15) is 17.2 Å². The van der Waals surface area contributed by atoms with Gasteiger partial charge in [-0.3, -0.25) is 14.8 Å². The van der Waals surface area contributed by atoms with E-state index in [2.05, 4.69) is 37.1 Å². The van der Waals surface area contributed by atoms with Crippen LogP contribution in [0.5, 0.6) is 17.2 Å². The van der Waals surface area contributed by atoms with Gasteiger partial charge in [0.25, 0.3) is 0 Å². The number of allylic oxidation sites excluding steroid dienone is 1. The molecule has 3 N–H and O–H groups in total. The van der Waals surface area contributed by atoms with Gasteiger partial charge in [-0.05, 0) is 77.9 Å². The third-order valence-electron chi connectivity index (χ3n) is 8.13. The third kappa shape index (κ3) is 9.18. The topological polar surface area (TPSA) is 165 Å². The number of aromatic nitrogens is 5. The van der Waals surface area contributed by atoms with Crippen molar-refractivity contribution in [2.24, 2.45) is 0 Å². The van der Waals surface area contributed by atoms with Gasteiger partial charge in [-0.2, -0.15) is 10.5 Å². The maximum atomic E-state index is 9.97. The zero-order valence-electron chi connectivity index (χ0n) is 29.9. The van der Waals surface area contributed by atoms with Gasteiger partial charge < -0.3 is 29.2 Å². The fraction of sp³-hybridized carbons (Fsp3) is 0.0930. The highest BCUT2D eigenvalue weighted by Gasteiger charge is 2.13. The van der Waals surface area contributed by atoms with Gasteiger partial charge >= 0.3 is 0 Å². The number of aromatic amines is 3. The van der Waals surface area contributed by atoms with Crippen LogP contribution in [0.2, 0.25) is 0 Å². The smallest absolute Gasteiger partial charge is 0.151 e. The molecule has 0 radical (unpaired) electrons. The van der Waals surface area contributed by atoms with Gasteiger partial charge in [-0.25, -0.2) is 0 Å². The van der Waals surface area contributed by atoms with Crippen molar-refractivity contribution in [2.75, 3.05) is 21.3 Å². The standard InChI is InChI=1S/C17H13N3O.C11H10N2O.C9H9NO.C6H5NO/c1-21-16-6-2-5-15-17(16)14(11-20-15)13(9-18)8-12-4-3-7-19-10-12;1-14-10-4-2-3-9-11(10)8(5-6-12)7-13-9;1-11-9-4-2-3-8-7(9)5-6-10-8;8-5-6-2-1-3-7-4-6/h2-8,10-11,20H,1H3;2-4,7,13H,5H2,1H3;2-6,10H,1H3;1-5H/b13-8+;;;. The number of nitriles is 2. The van der Waals surface area contributed by atoms with Crippen molar-refractivity contribution in [3.63, 3.8) is 0 Å². The van der Waals surface area contributed by atoms with Gasteiger partial charge in [0.05, 0.1) is 50.8 Å². The number of benzene rings is 3. The molecular formula is C43H37N7O4. The van der Waals surface area contributed by atoms with Crippen molar-refractivity contribution in [2.45, 2.75) is 6.42 Å². The summed E-state index contributed by atoms with van der Waals surface area (Å²) in [7, 11) is 4.95. The lowest BCUT2D eigenvalue weighted by Gasteiger charge is -2.04. The molecule has 11 nitrogen and oxygen atoms in total. The van der Waals surface area contributed by atoms with Crippen LogP contribution in [0.1, 0.15) is 27.0 Å². The summed E-state index contributed by atoms with van der Waals surface area (Å²) in [4.78, 5) is 27.2. The first-order valence-corrected chi connectivity index (χ1v) is 16.7. The van der Waals surface area contributed by atoms with E-state index in [1.54, 1.807) is 52.1 Å². The first-order chi connectivity index (χ1) is 26.5. The summed E-state index contributed by atoms with van der Waals surface area (Å²) in [6, 6.07) is 31.1. The number of H-pyrrole nitrogens is 3. The Balaban J connectivity index is 0.000000147. The van der Waals surface area contributed by atoms with E-state index in [9.17, 15) is 10.1 Å². The number of rotatable bonds is 7. The predicted molar refractivity (Wildman–Crippen MR) is 211 cm³/mol. The van der Waals surface area contributed by atoms with E-state index in [-0.39, 0.29) is 0 Å². The van der Waals surface area contributed by atoms with Gasteiger partial charge in [0.2, 0.25) is 0 Å². The number of carbonyl (C=O) groups excluding carboxylic acids is 1. The molecule has 0 amide bonds. The summed E-state index contributed by atoms with van der Waals surface area (Å²) in [5.41, 5.74) is 6.95. The van der Waals surface area contributed by atoms with E-state index in [1.165, 1.54) is 6.20 Å². The van der Waals surface area contributed by atoms with E-state index in [4.69, 9.17) is 19.5 Å². The summed E-state index contributed by atoms with van der Waals surface area (Å²) < 4.78 is 15.8. The number of fused-ring (bicyclic) bond motifs is 3. The quantitative estimate of drug-likeness (QED) is 0.109. The monoisotopic (exact) mass is 715 g/mol. The van der Waals surface area contributed by atoms with Crippen LogP contribution in [0.25, 0.3) is 44.4 Å². The maximum Gasteiger partial charge on any atom is 0.151 e. The van der Waals surface area contributed by atoms with Crippen molar-refractivity contribution in [3.05, 3.63) is 151 Å². The number of ether oxygens (including phenoxy) is 3. The van der Waals surface area contributed by atoms with Gasteiger partial charge in [-0.15, -0.1) is 0 Å². The number of methoxy groups -OCH3 is 3. The summed E-state index contributed by atoms with van der Waals surface area (Å²) in [5, 5.41) is 21.2. The van der Waals surface area contributed by atoms with Gasteiger partial charge in [-0.1, -0.05) is 24.3 Å². The molecule has 0 saturated heterocycles. The van der Waals surface area contributed by atoms with Crippen LogP contribution in [0.15, 0.2) is 128 Å². The Hall–Kier alpha value is -7.63. The molecule has 11 heteroatoms. The molecule has 0 aliphatic heterocycles. The van der Waals surface area contributed by atoms with E-state index in [0.29, 0.717) is 17.6 Å². The number of hydrogen-bond donors (Lipinski definition) is 3.